The van der Waals surface area contributed by atoms with Crippen molar-refractivity contribution in [3.63, 3.8) is 0 Å². The normalized spacial score (nSPS) is 9.58. The van der Waals surface area contributed by atoms with E-state index >= 15 is 0 Å². The van der Waals surface area contributed by atoms with Crippen LogP contribution in [0.3, 0.4) is 0 Å². The molecule has 0 bridgehead atoms. The second-order valence-electron chi connectivity index (χ2n) is 4.01. The maximum Gasteiger partial charge on any atom is 0.252 e. The monoisotopic (exact) mass is 276 g/mol. The molecule has 3 N–H and O–H groups in total. The Labute approximate surface area is 119 Å². The third kappa shape index (κ3) is 5.82. The first-order valence-electron chi connectivity index (χ1n) is 6.34. The second kappa shape index (κ2) is 9.48. The van der Waals surface area contributed by atoms with Crippen LogP contribution in [0.15, 0.2) is 24.3 Å². The van der Waals surface area contributed by atoms with Crippen LogP contribution in [0.5, 0.6) is 0 Å². The lowest BCUT2D eigenvalue weighted by atomic mass is 10.1. The SMILES string of the molecule is CSCCCCNC(=O)c1ccccc1C#CCN. The zero-order valence-corrected chi connectivity index (χ0v) is 12.1. The zero-order valence-electron chi connectivity index (χ0n) is 11.2. The summed E-state index contributed by atoms with van der Waals surface area (Å²) >= 11 is 1.83. The first kappa shape index (κ1) is 15.6. The molecule has 0 spiro atoms. The van der Waals surface area contributed by atoms with E-state index in [1.54, 1.807) is 6.07 Å². The van der Waals surface area contributed by atoms with Crippen LogP contribution >= 0.6 is 11.8 Å². The molecule has 19 heavy (non-hydrogen) atoms. The van der Waals surface area contributed by atoms with Crippen LogP contribution in [0.2, 0.25) is 0 Å². The maximum absolute atomic E-state index is 12.0. The van der Waals surface area contributed by atoms with Gasteiger partial charge in [0.05, 0.1) is 12.1 Å². The highest BCUT2D eigenvalue weighted by molar-refractivity contribution is 7.98. The molecule has 0 aliphatic rings. The number of nitrogens with one attached hydrogen (secondary N) is 1. The molecule has 0 heterocycles. The number of hydrogen-bond acceptors (Lipinski definition) is 3. The summed E-state index contributed by atoms with van der Waals surface area (Å²) < 4.78 is 0. The lowest BCUT2D eigenvalue weighted by molar-refractivity contribution is 0.0953. The number of rotatable bonds is 6. The van der Waals surface area contributed by atoms with Gasteiger partial charge in [0.25, 0.3) is 5.91 Å². The van der Waals surface area contributed by atoms with Gasteiger partial charge in [-0.15, -0.1) is 0 Å². The Hall–Kier alpha value is -1.44. The predicted molar refractivity (Wildman–Crippen MR) is 82.3 cm³/mol. The molecule has 1 aromatic carbocycles. The van der Waals surface area contributed by atoms with E-state index in [0.717, 1.165) is 24.2 Å². The number of nitrogens with two attached hydrogens (primary N) is 1. The Bertz CT molecular complexity index is 463. The molecule has 3 nitrogen and oxygen atoms in total. The van der Waals surface area contributed by atoms with Crippen LogP contribution in [0.4, 0.5) is 0 Å². The average molecular weight is 276 g/mol. The van der Waals surface area contributed by atoms with Crippen LogP contribution in [0.25, 0.3) is 0 Å². The highest BCUT2D eigenvalue weighted by Crippen LogP contribution is 2.07. The van der Waals surface area contributed by atoms with Crippen molar-refractivity contribution in [2.45, 2.75) is 12.8 Å². The van der Waals surface area contributed by atoms with E-state index in [1.165, 1.54) is 0 Å². The summed E-state index contributed by atoms with van der Waals surface area (Å²) in [5, 5.41) is 2.93. The van der Waals surface area contributed by atoms with E-state index in [4.69, 9.17) is 5.73 Å². The van der Waals surface area contributed by atoms with Crippen LogP contribution < -0.4 is 11.1 Å². The van der Waals surface area contributed by atoms with Gasteiger partial charge in [0.1, 0.15) is 0 Å². The van der Waals surface area contributed by atoms with Crippen LogP contribution in [0.1, 0.15) is 28.8 Å². The van der Waals surface area contributed by atoms with Gasteiger partial charge in [-0.3, -0.25) is 4.79 Å². The Morgan fingerprint density at radius 3 is 2.89 bits per heavy atom. The molecule has 1 aromatic rings. The molecule has 0 saturated heterocycles. The van der Waals surface area contributed by atoms with Crippen molar-refractivity contribution < 1.29 is 4.79 Å². The molecule has 0 unspecified atom stereocenters. The number of thioether (sulfide) groups is 1. The molecule has 1 rings (SSSR count). The third-order valence-corrected chi connectivity index (χ3v) is 3.25. The van der Waals surface area contributed by atoms with Crippen molar-refractivity contribution >= 4 is 17.7 Å². The highest BCUT2D eigenvalue weighted by atomic mass is 32.2. The van der Waals surface area contributed by atoms with Crippen LogP contribution in [0, 0.1) is 11.8 Å². The maximum atomic E-state index is 12.0. The minimum atomic E-state index is -0.0638. The summed E-state index contributed by atoms with van der Waals surface area (Å²) in [6, 6.07) is 7.34. The molecule has 0 fully saturated rings. The number of carbonyl (C=O) groups excluding carboxylic acids is 1. The summed E-state index contributed by atoms with van der Waals surface area (Å²) in [6.45, 7) is 1.00. The van der Waals surface area contributed by atoms with E-state index in [2.05, 4.69) is 23.4 Å². The topological polar surface area (TPSA) is 55.1 Å². The lowest BCUT2D eigenvalue weighted by Crippen LogP contribution is -2.25. The molecular formula is C15H20N2OS. The quantitative estimate of drug-likeness (QED) is 0.616. The summed E-state index contributed by atoms with van der Waals surface area (Å²) in [6.07, 6.45) is 4.21. The predicted octanol–water partition coefficient (Wildman–Crippen LogP) is 1.87. The Morgan fingerprint density at radius 2 is 2.16 bits per heavy atom. The average Bonchev–Trinajstić information content (AvgIpc) is 2.45. The fourth-order valence-corrected chi connectivity index (χ4v) is 2.10. The Morgan fingerprint density at radius 1 is 1.37 bits per heavy atom. The molecule has 102 valence electrons. The van der Waals surface area contributed by atoms with E-state index in [9.17, 15) is 4.79 Å². The number of hydrogen-bond donors (Lipinski definition) is 2. The fraction of sp³-hybridized carbons (Fsp3) is 0.400. The number of carbonyl (C=O) groups is 1. The van der Waals surface area contributed by atoms with Gasteiger partial charge in [-0.25, -0.2) is 0 Å². The largest absolute Gasteiger partial charge is 0.352 e. The smallest absolute Gasteiger partial charge is 0.252 e. The number of unbranched alkanes of at least 4 members (excludes halogenated alkanes) is 1. The van der Waals surface area contributed by atoms with Gasteiger partial charge in [0.2, 0.25) is 0 Å². The molecule has 0 radical (unpaired) electrons. The van der Waals surface area contributed by atoms with Gasteiger partial charge in [-0.1, -0.05) is 24.0 Å². The van der Waals surface area contributed by atoms with E-state index in [0.29, 0.717) is 18.7 Å². The second-order valence-corrected chi connectivity index (χ2v) is 4.99. The summed E-state index contributed by atoms with van der Waals surface area (Å²) in [7, 11) is 0. The zero-order chi connectivity index (χ0) is 13.9. The Balaban J connectivity index is 2.56. The number of benzene rings is 1. The van der Waals surface area contributed by atoms with Crippen molar-refractivity contribution in [3.05, 3.63) is 35.4 Å². The van der Waals surface area contributed by atoms with Crippen molar-refractivity contribution in [1.29, 1.82) is 0 Å². The molecule has 0 aliphatic heterocycles. The standard InChI is InChI=1S/C15H20N2OS/c1-19-12-5-4-11-17-15(18)14-9-3-2-7-13(14)8-6-10-16/h2-3,7,9H,4-5,10-12,16H2,1H3,(H,17,18). The van der Waals surface area contributed by atoms with Gasteiger partial charge in [-0.2, -0.15) is 11.8 Å². The van der Waals surface area contributed by atoms with E-state index in [1.807, 2.05) is 30.0 Å². The molecule has 0 saturated carbocycles. The minimum absolute atomic E-state index is 0.0638. The van der Waals surface area contributed by atoms with E-state index in [-0.39, 0.29) is 5.91 Å². The van der Waals surface area contributed by atoms with Crippen molar-refractivity contribution in [2.75, 3.05) is 25.1 Å². The molecule has 4 heteroatoms. The summed E-state index contributed by atoms with van der Waals surface area (Å²) in [4.78, 5) is 12.0. The molecule has 0 aliphatic carbocycles. The first-order chi connectivity index (χ1) is 9.29. The number of amides is 1. The van der Waals surface area contributed by atoms with Crippen LogP contribution in [-0.2, 0) is 0 Å². The fourth-order valence-electron chi connectivity index (χ4n) is 1.60. The molecular weight excluding hydrogens is 256 g/mol. The van der Waals surface area contributed by atoms with Gasteiger partial charge in [0, 0.05) is 12.1 Å². The van der Waals surface area contributed by atoms with Gasteiger partial charge >= 0.3 is 0 Å². The third-order valence-electron chi connectivity index (χ3n) is 2.56. The van der Waals surface area contributed by atoms with Crippen molar-refractivity contribution in [2.24, 2.45) is 5.73 Å². The van der Waals surface area contributed by atoms with Crippen molar-refractivity contribution in [3.8, 4) is 11.8 Å². The summed E-state index contributed by atoms with van der Waals surface area (Å²) in [5.41, 5.74) is 6.70. The molecule has 0 atom stereocenters. The first-order valence-corrected chi connectivity index (χ1v) is 7.74. The van der Waals surface area contributed by atoms with Gasteiger partial charge < -0.3 is 11.1 Å². The van der Waals surface area contributed by atoms with E-state index < -0.39 is 0 Å². The molecule has 1 amide bonds. The molecule has 0 aromatic heterocycles. The summed E-state index contributed by atoms with van der Waals surface area (Å²) in [5.74, 6) is 6.77. The highest BCUT2D eigenvalue weighted by Gasteiger charge is 2.08. The van der Waals surface area contributed by atoms with Gasteiger partial charge in [0.15, 0.2) is 0 Å². The lowest BCUT2D eigenvalue weighted by Gasteiger charge is -2.06. The minimum Gasteiger partial charge on any atom is -0.352 e. The van der Waals surface area contributed by atoms with Crippen molar-refractivity contribution in [1.82, 2.24) is 5.32 Å². The Kier molecular flexibility index (Phi) is 7.80. The van der Waals surface area contributed by atoms with Crippen LogP contribution in [-0.4, -0.2) is 31.0 Å². The van der Waals surface area contributed by atoms with Gasteiger partial charge in [-0.05, 0) is 37.0 Å².